The van der Waals surface area contributed by atoms with Crippen LogP contribution in [-0.2, 0) is 16.0 Å². The van der Waals surface area contributed by atoms with Crippen LogP contribution in [0.15, 0.2) is 30.9 Å². The lowest BCUT2D eigenvalue weighted by Gasteiger charge is -2.17. The molecule has 1 unspecified atom stereocenters. The SMILES string of the molecule is C=CC(=O)OC(C)Nc1cc(CCCCCCCCC)ccc1O. The van der Waals surface area contributed by atoms with E-state index in [4.69, 9.17) is 4.74 Å². The van der Waals surface area contributed by atoms with Gasteiger partial charge in [0.05, 0.1) is 5.69 Å². The molecule has 4 nitrogen and oxygen atoms in total. The molecule has 0 spiro atoms. The zero-order valence-electron chi connectivity index (χ0n) is 15.0. The Balaban J connectivity index is 2.42. The first-order chi connectivity index (χ1) is 11.6. The number of benzene rings is 1. The van der Waals surface area contributed by atoms with Crippen LogP contribution in [-0.4, -0.2) is 17.3 Å². The number of aryl methyl sites for hydroxylation is 1. The smallest absolute Gasteiger partial charge is 0.332 e. The van der Waals surface area contributed by atoms with E-state index >= 15 is 0 Å². The summed E-state index contributed by atoms with van der Waals surface area (Å²) in [5.74, 6) is -0.339. The number of aromatic hydroxyl groups is 1. The topological polar surface area (TPSA) is 58.6 Å². The molecule has 1 atom stereocenters. The van der Waals surface area contributed by atoms with Crippen LogP contribution in [0.2, 0.25) is 0 Å². The van der Waals surface area contributed by atoms with Crippen molar-refractivity contribution in [2.24, 2.45) is 0 Å². The molecule has 0 fully saturated rings. The van der Waals surface area contributed by atoms with E-state index < -0.39 is 12.2 Å². The molecule has 0 saturated heterocycles. The van der Waals surface area contributed by atoms with Crippen LogP contribution >= 0.6 is 0 Å². The number of anilines is 1. The van der Waals surface area contributed by atoms with E-state index in [0.717, 1.165) is 18.9 Å². The normalized spacial score (nSPS) is 11.8. The monoisotopic (exact) mass is 333 g/mol. The predicted molar refractivity (Wildman–Crippen MR) is 99.2 cm³/mol. The van der Waals surface area contributed by atoms with Gasteiger partial charge >= 0.3 is 5.97 Å². The second-order valence-electron chi connectivity index (χ2n) is 6.15. The molecule has 0 aromatic heterocycles. The van der Waals surface area contributed by atoms with Crippen molar-refractivity contribution >= 4 is 11.7 Å². The third-order valence-electron chi connectivity index (χ3n) is 3.95. The van der Waals surface area contributed by atoms with Gasteiger partial charge < -0.3 is 15.2 Å². The molecule has 0 amide bonds. The van der Waals surface area contributed by atoms with Crippen molar-refractivity contribution < 1.29 is 14.6 Å². The standard InChI is InChI=1S/C20H31NO3/c1-4-6-7-8-9-10-11-12-17-13-14-19(22)18(15-17)21-16(3)24-20(23)5-2/h5,13-16,21-22H,2,4,6-12H2,1,3H3. The number of ether oxygens (including phenoxy) is 1. The van der Waals surface area contributed by atoms with Gasteiger partial charge in [-0.3, -0.25) is 0 Å². The summed E-state index contributed by atoms with van der Waals surface area (Å²) in [5, 5.41) is 12.9. The van der Waals surface area contributed by atoms with E-state index in [1.54, 1.807) is 13.0 Å². The lowest BCUT2D eigenvalue weighted by atomic mass is 10.0. The summed E-state index contributed by atoms with van der Waals surface area (Å²) in [6, 6.07) is 5.55. The van der Waals surface area contributed by atoms with E-state index in [0.29, 0.717) is 5.69 Å². The van der Waals surface area contributed by atoms with Gasteiger partial charge in [0, 0.05) is 6.08 Å². The Morgan fingerprint density at radius 1 is 1.25 bits per heavy atom. The molecule has 1 aromatic rings. The number of rotatable bonds is 12. The zero-order chi connectivity index (χ0) is 17.8. The summed E-state index contributed by atoms with van der Waals surface area (Å²) in [4.78, 5) is 11.2. The summed E-state index contributed by atoms with van der Waals surface area (Å²) in [7, 11) is 0. The number of phenols is 1. The van der Waals surface area contributed by atoms with Gasteiger partial charge in [-0.15, -0.1) is 0 Å². The number of hydrogen-bond donors (Lipinski definition) is 2. The van der Waals surface area contributed by atoms with Crippen LogP contribution in [0, 0.1) is 0 Å². The summed E-state index contributed by atoms with van der Waals surface area (Å²) in [5.41, 5.74) is 1.76. The van der Waals surface area contributed by atoms with Gasteiger partial charge in [-0.25, -0.2) is 4.79 Å². The maximum absolute atomic E-state index is 11.2. The Bertz CT molecular complexity index is 514. The zero-order valence-corrected chi connectivity index (χ0v) is 15.0. The molecule has 4 heteroatoms. The molecule has 1 aromatic carbocycles. The van der Waals surface area contributed by atoms with Crippen molar-refractivity contribution in [1.29, 1.82) is 0 Å². The maximum Gasteiger partial charge on any atom is 0.332 e. The minimum Gasteiger partial charge on any atom is -0.506 e. The molecule has 2 N–H and O–H groups in total. The molecule has 1 rings (SSSR count). The highest BCUT2D eigenvalue weighted by atomic mass is 16.6. The summed E-state index contributed by atoms with van der Waals surface area (Å²) < 4.78 is 5.06. The minimum atomic E-state index is -0.532. The van der Waals surface area contributed by atoms with Gasteiger partial charge in [-0.05, 0) is 37.5 Å². The number of esters is 1. The Labute approximate surface area is 145 Å². The first kappa shape index (κ1) is 20.1. The van der Waals surface area contributed by atoms with Gasteiger partial charge in [0.25, 0.3) is 0 Å². The molecule has 0 aliphatic heterocycles. The average molecular weight is 333 g/mol. The average Bonchev–Trinajstić information content (AvgIpc) is 2.56. The summed E-state index contributed by atoms with van der Waals surface area (Å²) in [6.45, 7) is 7.31. The van der Waals surface area contributed by atoms with Crippen LogP contribution in [0.3, 0.4) is 0 Å². The van der Waals surface area contributed by atoms with Crippen LogP contribution in [0.1, 0.15) is 64.4 Å². The van der Waals surface area contributed by atoms with Crippen molar-refractivity contribution in [3.05, 3.63) is 36.4 Å². The Morgan fingerprint density at radius 2 is 1.92 bits per heavy atom. The molecular weight excluding hydrogens is 302 g/mol. The van der Waals surface area contributed by atoms with Crippen molar-refractivity contribution in [1.82, 2.24) is 0 Å². The molecular formula is C20H31NO3. The van der Waals surface area contributed by atoms with E-state index in [9.17, 15) is 9.90 Å². The number of unbranched alkanes of at least 4 members (excludes halogenated alkanes) is 6. The van der Waals surface area contributed by atoms with Crippen LogP contribution in [0.4, 0.5) is 5.69 Å². The molecule has 0 radical (unpaired) electrons. The first-order valence-electron chi connectivity index (χ1n) is 8.98. The first-order valence-corrected chi connectivity index (χ1v) is 8.98. The molecule has 134 valence electrons. The highest BCUT2D eigenvalue weighted by Gasteiger charge is 2.09. The summed E-state index contributed by atoms with van der Waals surface area (Å²) >= 11 is 0. The van der Waals surface area contributed by atoms with Gasteiger partial charge in [0.1, 0.15) is 5.75 Å². The van der Waals surface area contributed by atoms with Crippen LogP contribution in [0.25, 0.3) is 0 Å². The van der Waals surface area contributed by atoms with Crippen molar-refractivity contribution in [3.8, 4) is 5.75 Å². The number of carbonyl (C=O) groups is 1. The predicted octanol–water partition coefficient (Wildman–Crippen LogP) is 5.17. The van der Waals surface area contributed by atoms with Crippen LogP contribution in [0.5, 0.6) is 5.75 Å². The van der Waals surface area contributed by atoms with Crippen molar-refractivity contribution in [2.45, 2.75) is 71.4 Å². The third-order valence-corrected chi connectivity index (χ3v) is 3.95. The molecule has 0 heterocycles. The molecule has 0 aliphatic carbocycles. The van der Waals surface area contributed by atoms with E-state index in [2.05, 4.69) is 18.8 Å². The second-order valence-corrected chi connectivity index (χ2v) is 6.15. The van der Waals surface area contributed by atoms with Crippen LogP contribution < -0.4 is 5.32 Å². The van der Waals surface area contributed by atoms with Gasteiger partial charge in [0.2, 0.25) is 0 Å². The Hall–Kier alpha value is -1.97. The molecule has 24 heavy (non-hydrogen) atoms. The van der Waals surface area contributed by atoms with E-state index in [1.807, 2.05) is 12.1 Å². The third kappa shape index (κ3) is 8.04. The highest BCUT2D eigenvalue weighted by molar-refractivity contribution is 5.81. The summed E-state index contributed by atoms with van der Waals surface area (Å²) in [6.07, 6.45) is 10.5. The Morgan fingerprint density at radius 3 is 2.58 bits per heavy atom. The fourth-order valence-corrected chi connectivity index (χ4v) is 2.61. The Kier molecular flexibility index (Phi) is 9.66. The lowest BCUT2D eigenvalue weighted by molar-refractivity contribution is -0.140. The van der Waals surface area contributed by atoms with Crippen molar-refractivity contribution in [2.75, 3.05) is 5.32 Å². The number of phenolic OH excluding ortho intramolecular Hbond substituents is 1. The number of nitrogens with one attached hydrogen (secondary N) is 1. The van der Waals surface area contributed by atoms with Gasteiger partial charge in [0.15, 0.2) is 6.23 Å². The van der Waals surface area contributed by atoms with Crippen molar-refractivity contribution in [3.63, 3.8) is 0 Å². The number of carbonyl (C=O) groups excluding carboxylic acids is 1. The number of hydrogen-bond acceptors (Lipinski definition) is 4. The molecule has 0 saturated carbocycles. The van der Waals surface area contributed by atoms with Gasteiger partial charge in [-0.1, -0.05) is 58.1 Å². The molecule has 0 bridgehead atoms. The largest absolute Gasteiger partial charge is 0.506 e. The fraction of sp³-hybridized carbons (Fsp3) is 0.550. The van der Waals surface area contributed by atoms with E-state index in [1.165, 1.54) is 44.1 Å². The lowest BCUT2D eigenvalue weighted by Crippen LogP contribution is -2.22. The second kappa shape index (κ2) is 11.5. The highest BCUT2D eigenvalue weighted by Crippen LogP contribution is 2.26. The van der Waals surface area contributed by atoms with E-state index in [-0.39, 0.29) is 5.75 Å². The minimum absolute atomic E-state index is 0.153. The maximum atomic E-state index is 11.2. The fourth-order valence-electron chi connectivity index (χ4n) is 2.61. The quantitative estimate of drug-likeness (QED) is 0.182. The molecule has 0 aliphatic rings. The van der Waals surface area contributed by atoms with Gasteiger partial charge in [-0.2, -0.15) is 0 Å².